The molecule has 1 N–H and O–H groups in total. The smallest absolute Gasteiger partial charge is 0.220 e. The highest BCUT2D eigenvalue weighted by molar-refractivity contribution is 5.76. The van der Waals surface area contributed by atoms with E-state index in [-0.39, 0.29) is 18.9 Å². The highest BCUT2D eigenvalue weighted by Crippen LogP contribution is 2.23. The lowest BCUT2D eigenvalue weighted by Gasteiger charge is -2.06. The summed E-state index contributed by atoms with van der Waals surface area (Å²) in [6, 6.07) is 11.1. The maximum atomic E-state index is 13.1. The third kappa shape index (κ3) is 4.53. The predicted octanol–water partition coefficient (Wildman–Crippen LogP) is 4.18. The number of hydrogen-bond acceptors (Lipinski definition) is 3. The predicted molar refractivity (Wildman–Crippen MR) is 93.2 cm³/mol. The Hall–Kier alpha value is -3.02. The van der Waals surface area contributed by atoms with E-state index in [1.54, 1.807) is 0 Å². The van der Waals surface area contributed by atoms with Crippen molar-refractivity contribution in [3.8, 4) is 11.3 Å². The van der Waals surface area contributed by atoms with E-state index < -0.39 is 11.6 Å². The molecule has 0 atom stereocenters. The van der Waals surface area contributed by atoms with Crippen molar-refractivity contribution in [2.75, 3.05) is 0 Å². The molecular weight excluding hydrogens is 338 g/mol. The number of hydrogen-bond donors (Lipinski definition) is 1. The highest BCUT2D eigenvalue weighted by Gasteiger charge is 2.12. The molecule has 0 spiro atoms. The Kier molecular flexibility index (Phi) is 5.41. The molecule has 0 bridgehead atoms. The van der Waals surface area contributed by atoms with Crippen LogP contribution in [0.5, 0.6) is 0 Å². The Morgan fingerprint density at radius 1 is 1.12 bits per heavy atom. The van der Waals surface area contributed by atoms with E-state index in [2.05, 4.69) is 10.5 Å². The normalized spacial score (nSPS) is 10.7. The standard InChI is InChI=1S/C20H18F2N2O2/c1-13-2-4-15(5-3-13)20-16(12-26-24-20)6-7-19(25)23-11-14-8-17(21)10-18(22)9-14/h2-5,8-10,12H,6-7,11H2,1H3,(H,23,25). The molecule has 1 heterocycles. The van der Waals surface area contributed by atoms with Crippen LogP contribution in [0.3, 0.4) is 0 Å². The number of rotatable bonds is 6. The minimum Gasteiger partial charge on any atom is -0.364 e. The second-order valence-corrected chi connectivity index (χ2v) is 6.11. The molecule has 0 unspecified atom stereocenters. The molecule has 26 heavy (non-hydrogen) atoms. The molecule has 0 aliphatic rings. The van der Waals surface area contributed by atoms with Gasteiger partial charge in [0, 0.05) is 30.2 Å². The summed E-state index contributed by atoms with van der Waals surface area (Å²) >= 11 is 0. The minimum atomic E-state index is -0.665. The third-order valence-corrected chi connectivity index (χ3v) is 4.00. The summed E-state index contributed by atoms with van der Waals surface area (Å²) in [4.78, 5) is 12.0. The van der Waals surface area contributed by atoms with Crippen LogP contribution >= 0.6 is 0 Å². The number of aromatic nitrogens is 1. The molecule has 0 aliphatic heterocycles. The molecule has 1 amide bonds. The van der Waals surface area contributed by atoms with E-state index in [0.29, 0.717) is 17.7 Å². The Bertz CT molecular complexity index is 884. The van der Waals surface area contributed by atoms with Crippen LogP contribution < -0.4 is 5.32 Å². The van der Waals surface area contributed by atoms with Gasteiger partial charge in [-0.05, 0) is 31.0 Å². The lowest BCUT2D eigenvalue weighted by Crippen LogP contribution is -2.23. The summed E-state index contributed by atoms with van der Waals surface area (Å²) in [5.41, 5.74) is 3.99. The molecule has 0 fully saturated rings. The monoisotopic (exact) mass is 356 g/mol. The lowest BCUT2D eigenvalue weighted by molar-refractivity contribution is -0.121. The summed E-state index contributed by atoms with van der Waals surface area (Å²) in [6.45, 7) is 2.07. The van der Waals surface area contributed by atoms with Gasteiger partial charge in [-0.3, -0.25) is 4.79 Å². The number of halogens is 2. The fourth-order valence-electron chi connectivity index (χ4n) is 2.63. The number of carbonyl (C=O) groups is 1. The zero-order valence-electron chi connectivity index (χ0n) is 14.3. The summed E-state index contributed by atoms with van der Waals surface area (Å²) in [5.74, 6) is -1.55. The average molecular weight is 356 g/mol. The largest absolute Gasteiger partial charge is 0.364 e. The van der Waals surface area contributed by atoms with Gasteiger partial charge in [-0.2, -0.15) is 0 Å². The Labute approximate surface area is 149 Å². The number of carbonyl (C=O) groups excluding carboxylic acids is 1. The van der Waals surface area contributed by atoms with Crippen LogP contribution in [0, 0.1) is 18.6 Å². The van der Waals surface area contributed by atoms with Gasteiger partial charge in [0.2, 0.25) is 5.91 Å². The molecule has 2 aromatic carbocycles. The van der Waals surface area contributed by atoms with Crippen molar-refractivity contribution in [2.24, 2.45) is 0 Å². The van der Waals surface area contributed by atoms with Crippen molar-refractivity contribution < 1.29 is 18.1 Å². The Morgan fingerprint density at radius 3 is 2.50 bits per heavy atom. The highest BCUT2D eigenvalue weighted by atomic mass is 19.1. The summed E-state index contributed by atoms with van der Waals surface area (Å²) < 4.78 is 31.3. The SMILES string of the molecule is Cc1ccc(-c2nocc2CCC(=O)NCc2cc(F)cc(F)c2)cc1. The number of aryl methyl sites for hydroxylation is 2. The van der Waals surface area contributed by atoms with Gasteiger partial charge in [0.1, 0.15) is 23.6 Å². The number of benzene rings is 2. The molecule has 3 rings (SSSR count). The Morgan fingerprint density at radius 2 is 1.81 bits per heavy atom. The minimum absolute atomic E-state index is 0.0714. The molecular formula is C20H18F2N2O2. The van der Waals surface area contributed by atoms with Gasteiger partial charge >= 0.3 is 0 Å². The summed E-state index contributed by atoms with van der Waals surface area (Å²) in [6.07, 6.45) is 2.21. The molecule has 0 radical (unpaired) electrons. The number of amides is 1. The maximum Gasteiger partial charge on any atom is 0.220 e. The van der Waals surface area contributed by atoms with E-state index in [9.17, 15) is 13.6 Å². The quantitative estimate of drug-likeness (QED) is 0.721. The van der Waals surface area contributed by atoms with Crippen LogP contribution in [0.25, 0.3) is 11.3 Å². The first-order chi connectivity index (χ1) is 12.5. The first-order valence-corrected chi connectivity index (χ1v) is 8.23. The molecule has 1 aromatic heterocycles. The van der Waals surface area contributed by atoms with Gasteiger partial charge in [0.15, 0.2) is 0 Å². The van der Waals surface area contributed by atoms with E-state index in [0.717, 1.165) is 22.8 Å². The summed E-state index contributed by atoms with van der Waals surface area (Å²) in [5, 5.41) is 6.68. The first-order valence-electron chi connectivity index (χ1n) is 8.23. The van der Waals surface area contributed by atoms with Crippen LogP contribution in [0.4, 0.5) is 8.78 Å². The maximum absolute atomic E-state index is 13.1. The molecule has 0 saturated heterocycles. The molecule has 0 aliphatic carbocycles. The molecule has 6 heteroatoms. The van der Waals surface area contributed by atoms with Crippen molar-refractivity contribution in [3.05, 3.63) is 77.1 Å². The molecule has 3 aromatic rings. The lowest BCUT2D eigenvalue weighted by atomic mass is 10.0. The summed E-state index contributed by atoms with van der Waals surface area (Å²) in [7, 11) is 0. The van der Waals surface area contributed by atoms with Gasteiger partial charge in [-0.25, -0.2) is 8.78 Å². The first kappa shape index (κ1) is 17.8. The van der Waals surface area contributed by atoms with Crippen LogP contribution in [0.2, 0.25) is 0 Å². The average Bonchev–Trinajstić information content (AvgIpc) is 3.06. The van der Waals surface area contributed by atoms with Crippen molar-refractivity contribution in [3.63, 3.8) is 0 Å². The van der Waals surface area contributed by atoms with Gasteiger partial charge in [0.25, 0.3) is 0 Å². The topological polar surface area (TPSA) is 55.1 Å². The van der Waals surface area contributed by atoms with E-state index in [1.807, 2.05) is 31.2 Å². The third-order valence-electron chi connectivity index (χ3n) is 4.00. The van der Waals surface area contributed by atoms with Crippen molar-refractivity contribution >= 4 is 5.91 Å². The van der Waals surface area contributed by atoms with Crippen molar-refractivity contribution in [2.45, 2.75) is 26.3 Å². The second kappa shape index (κ2) is 7.91. The van der Waals surface area contributed by atoms with Crippen molar-refractivity contribution in [1.29, 1.82) is 0 Å². The molecule has 4 nitrogen and oxygen atoms in total. The van der Waals surface area contributed by atoms with E-state index in [1.165, 1.54) is 18.4 Å². The van der Waals surface area contributed by atoms with Crippen LogP contribution in [-0.2, 0) is 17.8 Å². The second-order valence-electron chi connectivity index (χ2n) is 6.11. The zero-order chi connectivity index (χ0) is 18.5. The molecule has 0 saturated carbocycles. The van der Waals surface area contributed by atoms with E-state index in [4.69, 9.17) is 4.52 Å². The number of nitrogens with one attached hydrogen (secondary N) is 1. The van der Waals surface area contributed by atoms with Crippen LogP contribution in [0.15, 0.2) is 53.3 Å². The van der Waals surface area contributed by atoms with Gasteiger partial charge < -0.3 is 9.84 Å². The molecule has 134 valence electrons. The number of nitrogens with zero attached hydrogens (tertiary/aromatic N) is 1. The fraction of sp³-hybridized carbons (Fsp3) is 0.200. The van der Waals surface area contributed by atoms with Crippen LogP contribution in [0.1, 0.15) is 23.1 Å². The van der Waals surface area contributed by atoms with Gasteiger partial charge in [-0.15, -0.1) is 0 Å². The van der Waals surface area contributed by atoms with Gasteiger partial charge in [-0.1, -0.05) is 35.0 Å². The zero-order valence-corrected chi connectivity index (χ0v) is 14.3. The van der Waals surface area contributed by atoms with E-state index >= 15 is 0 Å². The van der Waals surface area contributed by atoms with Crippen LogP contribution in [-0.4, -0.2) is 11.1 Å². The fourth-order valence-corrected chi connectivity index (χ4v) is 2.63. The van der Waals surface area contributed by atoms with Gasteiger partial charge in [0.05, 0.1) is 0 Å². The Balaban J connectivity index is 1.57. The van der Waals surface area contributed by atoms with Crippen molar-refractivity contribution in [1.82, 2.24) is 10.5 Å².